The Bertz CT molecular complexity index is 984. The summed E-state index contributed by atoms with van der Waals surface area (Å²) in [6.07, 6.45) is 0. The molecule has 2 heterocycles. The standard InChI is InChI=1S/C16H14ClFN4O/c1-8-20-15-11(16(23)22(8)3)7-13(19-2)21-14(15)10-5-4-9(17)6-12(10)18/h4-7H,1-3H3,(H,19,21). The Morgan fingerprint density at radius 2 is 2.00 bits per heavy atom. The number of fused-ring (bicyclic) bond motifs is 1. The van der Waals surface area contributed by atoms with Crippen molar-refractivity contribution in [3.8, 4) is 11.3 Å². The third kappa shape index (κ3) is 2.55. The molecule has 0 fully saturated rings. The van der Waals surface area contributed by atoms with Gasteiger partial charge in [0, 0.05) is 24.7 Å². The molecule has 0 amide bonds. The topological polar surface area (TPSA) is 59.8 Å². The van der Waals surface area contributed by atoms with Gasteiger partial charge in [-0.3, -0.25) is 9.36 Å². The first-order valence-electron chi connectivity index (χ1n) is 6.94. The van der Waals surface area contributed by atoms with Gasteiger partial charge in [0.05, 0.1) is 5.39 Å². The second kappa shape index (κ2) is 5.62. The van der Waals surface area contributed by atoms with Crippen LogP contribution < -0.4 is 10.9 Å². The van der Waals surface area contributed by atoms with E-state index in [1.807, 2.05) is 0 Å². The van der Waals surface area contributed by atoms with Gasteiger partial charge in [-0.25, -0.2) is 14.4 Å². The quantitative estimate of drug-likeness (QED) is 0.783. The maximum Gasteiger partial charge on any atom is 0.261 e. The van der Waals surface area contributed by atoms with Gasteiger partial charge in [0.15, 0.2) is 0 Å². The van der Waals surface area contributed by atoms with Crippen molar-refractivity contribution in [2.24, 2.45) is 7.05 Å². The molecule has 7 heteroatoms. The van der Waals surface area contributed by atoms with Crippen LogP contribution in [0.5, 0.6) is 0 Å². The van der Waals surface area contributed by atoms with E-state index in [9.17, 15) is 9.18 Å². The summed E-state index contributed by atoms with van der Waals surface area (Å²) in [6, 6.07) is 5.94. The number of aryl methyl sites for hydroxylation is 1. The van der Waals surface area contributed by atoms with Crippen molar-refractivity contribution in [3.05, 3.63) is 51.3 Å². The molecule has 0 saturated heterocycles. The third-order valence-corrected chi connectivity index (χ3v) is 3.96. The highest BCUT2D eigenvalue weighted by Gasteiger charge is 2.17. The van der Waals surface area contributed by atoms with Gasteiger partial charge < -0.3 is 5.32 Å². The van der Waals surface area contributed by atoms with Crippen molar-refractivity contribution in [2.45, 2.75) is 6.92 Å². The second-order valence-corrected chi connectivity index (χ2v) is 5.59. The molecule has 0 bridgehead atoms. The second-order valence-electron chi connectivity index (χ2n) is 5.15. The molecule has 0 aliphatic carbocycles. The highest BCUT2D eigenvalue weighted by Crippen LogP contribution is 2.30. The predicted molar refractivity (Wildman–Crippen MR) is 89.5 cm³/mol. The number of nitrogens with one attached hydrogen (secondary N) is 1. The van der Waals surface area contributed by atoms with E-state index in [4.69, 9.17) is 11.6 Å². The van der Waals surface area contributed by atoms with Crippen LogP contribution in [0.1, 0.15) is 5.82 Å². The van der Waals surface area contributed by atoms with Crippen molar-refractivity contribution in [3.63, 3.8) is 0 Å². The van der Waals surface area contributed by atoms with Gasteiger partial charge in [0.1, 0.15) is 28.7 Å². The normalized spacial score (nSPS) is 11.0. The predicted octanol–water partition coefficient (Wildman–Crippen LogP) is 3.14. The molecule has 1 N–H and O–H groups in total. The molecule has 0 saturated carbocycles. The maximum atomic E-state index is 14.3. The van der Waals surface area contributed by atoms with Crippen LogP contribution in [0.25, 0.3) is 22.2 Å². The molecule has 0 radical (unpaired) electrons. The number of nitrogens with zero attached hydrogens (tertiary/aromatic N) is 3. The Morgan fingerprint density at radius 3 is 2.65 bits per heavy atom. The summed E-state index contributed by atoms with van der Waals surface area (Å²) in [7, 11) is 3.33. The van der Waals surface area contributed by atoms with Gasteiger partial charge in [0.2, 0.25) is 0 Å². The minimum absolute atomic E-state index is 0.206. The molecular weight excluding hydrogens is 319 g/mol. The Hall–Kier alpha value is -2.47. The van der Waals surface area contributed by atoms with E-state index in [0.29, 0.717) is 33.3 Å². The van der Waals surface area contributed by atoms with E-state index in [2.05, 4.69) is 15.3 Å². The summed E-state index contributed by atoms with van der Waals surface area (Å²) in [6.45, 7) is 1.72. The van der Waals surface area contributed by atoms with E-state index < -0.39 is 5.82 Å². The van der Waals surface area contributed by atoms with Gasteiger partial charge in [-0.2, -0.15) is 0 Å². The monoisotopic (exact) mass is 332 g/mol. The smallest absolute Gasteiger partial charge is 0.261 e. The van der Waals surface area contributed by atoms with Crippen LogP contribution >= 0.6 is 11.6 Å². The minimum Gasteiger partial charge on any atom is -0.373 e. The van der Waals surface area contributed by atoms with Crippen LogP contribution in [0.15, 0.2) is 29.1 Å². The van der Waals surface area contributed by atoms with Crippen LogP contribution in [0.2, 0.25) is 5.02 Å². The van der Waals surface area contributed by atoms with Crippen LogP contribution in [0.3, 0.4) is 0 Å². The van der Waals surface area contributed by atoms with E-state index in [0.717, 1.165) is 0 Å². The molecule has 23 heavy (non-hydrogen) atoms. The van der Waals surface area contributed by atoms with Crippen molar-refractivity contribution in [1.29, 1.82) is 0 Å². The van der Waals surface area contributed by atoms with Crippen molar-refractivity contribution in [2.75, 3.05) is 12.4 Å². The minimum atomic E-state index is -0.514. The first-order valence-corrected chi connectivity index (χ1v) is 7.31. The lowest BCUT2D eigenvalue weighted by Gasteiger charge is -2.12. The van der Waals surface area contributed by atoms with Crippen LogP contribution in [0.4, 0.5) is 10.2 Å². The molecule has 118 valence electrons. The zero-order valence-corrected chi connectivity index (χ0v) is 13.6. The maximum absolute atomic E-state index is 14.3. The lowest BCUT2D eigenvalue weighted by molar-refractivity contribution is 0.631. The fraction of sp³-hybridized carbons (Fsp3) is 0.188. The highest BCUT2D eigenvalue weighted by molar-refractivity contribution is 6.30. The Balaban J connectivity index is 2.46. The number of anilines is 1. The molecule has 3 aromatic rings. The molecule has 0 aliphatic heterocycles. The fourth-order valence-electron chi connectivity index (χ4n) is 2.38. The summed E-state index contributed by atoms with van der Waals surface area (Å²) < 4.78 is 15.8. The van der Waals surface area contributed by atoms with E-state index in [1.165, 1.54) is 16.7 Å². The van der Waals surface area contributed by atoms with Crippen molar-refractivity contribution < 1.29 is 4.39 Å². The average Bonchev–Trinajstić information content (AvgIpc) is 2.52. The van der Waals surface area contributed by atoms with Gasteiger partial charge in [-0.05, 0) is 31.2 Å². The highest BCUT2D eigenvalue weighted by atomic mass is 35.5. The zero-order valence-electron chi connectivity index (χ0n) is 12.8. The number of hydrogen-bond donors (Lipinski definition) is 1. The number of pyridine rings is 1. The first-order chi connectivity index (χ1) is 10.9. The summed E-state index contributed by atoms with van der Waals surface area (Å²) in [4.78, 5) is 21.3. The summed E-state index contributed by atoms with van der Waals surface area (Å²) in [5.41, 5.74) is 0.714. The summed E-state index contributed by atoms with van der Waals surface area (Å²) >= 11 is 5.81. The van der Waals surface area contributed by atoms with E-state index in [1.54, 1.807) is 33.2 Å². The fourth-order valence-corrected chi connectivity index (χ4v) is 2.54. The third-order valence-electron chi connectivity index (χ3n) is 3.73. The molecule has 3 rings (SSSR count). The molecule has 2 aromatic heterocycles. The molecule has 1 aromatic carbocycles. The van der Waals surface area contributed by atoms with Gasteiger partial charge in [-0.1, -0.05) is 11.6 Å². The van der Waals surface area contributed by atoms with Crippen LogP contribution in [-0.2, 0) is 7.05 Å². The molecule has 5 nitrogen and oxygen atoms in total. The number of rotatable bonds is 2. The Morgan fingerprint density at radius 1 is 1.26 bits per heavy atom. The Kier molecular flexibility index (Phi) is 3.77. The van der Waals surface area contributed by atoms with Crippen molar-refractivity contribution >= 4 is 28.3 Å². The number of hydrogen-bond acceptors (Lipinski definition) is 4. The number of aromatic nitrogens is 3. The SMILES string of the molecule is CNc1cc2c(=O)n(C)c(C)nc2c(-c2ccc(Cl)cc2F)n1. The van der Waals surface area contributed by atoms with E-state index >= 15 is 0 Å². The van der Waals surface area contributed by atoms with Crippen LogP contribution in [-0.4, -0.2) is 21.6 Å². The molecule has 0 spiro atoms. The zero-order chi connectivity index (χ0) is 16.7. The average molecular weight is 333 g/mol. The van der Waals surface area contributed by atoms with E-state index in [-0.39, 0.29) is 11.1 Å². The van der Waals surface area contributed by atoms with Gasteiger partial charge in [0.25, 0.3) is 5.56 Å². The van der Waals surface area contributed by atoms with Gasteiger partial charge in [-0.15, -0.1) is 0 Å². The lowest BCUT2D eigenvalue weighted by atomic mass is 10.1. The molecular formula is C16H14ClFN4O. The molecule has 0 aliphatic rings. The van der Waals surface area contributed by atoms with Crippen molar-refractivity contribution in [1.82, 2.24) is 14.5 Å². The van der Waals surface area contributed by atoms with Gasteiger partial charge >= 0.3 is 0 Å². The summed E-state index contributed by atoms with van der Waals surface area (Å²) in [5.74, 6) is 0.474. The van der Waals surface area contributed by atoms with Crippen LogP contribution in [0, 0.1) is 12.7 Å². The molecule has 0 atom stereocenters. The summed E-state index contributed by atoms with van der Waals surface area (Å²) in [5, 5.41) is 3.55. The largest absolute Gasteiger partial charge is 0.373 e. The molecule has 0 unspecified atom stereocenters. The number of benzene rings is 1. The lowest BCUT2D eigenvalue weighted by Crippen LogP contribution is -2.21. The Labute approximate surface area is 136 Å². The number of halogens is 2. The first kappa shape index (κ1) is 15.4.